The molecule has 0 aliphatic rings. The van der Waals surface area contributed by atoms with Gasteiger partial charge in [0.05, 0.1) is 6.42 Å². The summed E-state index contributed by atoms with van der Waals surface area (Å²) in [5, 5.41) is 8.56. The van der Waals surface area contributed by atoms with Gasteiger partial charge >= 0.3 is 0 Å². The third kappa shape index (κ3) is 4.76. The lowest BCUT2D eigenvalue weighted by atomic mass is 10.0. The van der Waals surface area contributed by atoms with Crippen LogP contribution < -0.4 is 11.5 Å². The Morgan fingerprint density at radius 3 is 2.26 bits per heavy atom. The van der Waals surface area contributed by atoms with Crippen molar-refractivity contribution in [2.24, 2.45) is 5.73 Å². The quantitative estimate of drug-likeness (QED) is 0.409. The molecule has 4 aromatic rings. The van der Waals surface area contributed by atoms with E-state index >= 15 is 0 Å². The van der Waals surface area contributed by atoms with Crippen LogP contribution in [0.3, 0.4) is 0 Å². The predicted octanol–water partition coefficient (Wildman–Crippen LogP) is 4.13. The van der Waals surface area contributed by atoms with Gasteiger partial charge in [0.1, 0.15) is 34.3 Å². The second-order valence-corrected chi connectivity index (χ2v) is 8.65. The third-order valence-corrected chi connectivity index (χ3v) is 5.59. The van der Waals surface area contributed by atoms with E-state index in [9.17, 15) is 9.59 Å². The van der Waals surface area contributed by atoms with Crippen molar-refractivity contribution in [2.45, 2.75) is 39.7 Å². The summed E-state index contributed by atoms with van der Waals surface area (Å²) in [5.74, 6) is 0.146. The van der Waals surface area contributed by atoms with Gasteiger partial charge in [-0.2, -0.15) is 5.10 Å². The molecule has 174 valence electrons. The monoisotopic (exact) mass is 457 g/mol. The zero-order valence-electron chi connectivity index (χ0n) is 19.4. The second kappa shape index (κ2) is 9.35. The van der Waals surface area contributed by atoms with Crippen LogP contribution in [0.2, 0.25) is 0 Å². The maximum atomic E-state index is 12.6. The average Bonchev–Trinajstić information content (AvgIpc) is 3.39. The number of nitrogens with two attached hydrogens (primary N) is 2. The molecule has 4 rings (SSSR count). The fourth-order valence-electron chi connectivity index (χ4n) is 3.81. The molecule has 4 N–H and O–H groups in total. The van der Waals surface area contributed by atoms with E-state index in [1.165, 1.54) is 0 Å². The van der Waals surface area contributed by atoms with Crippen LogP contribution in [0.15, 0.2) is 59.1 Å². The molecule has 0 bridgehead atoms. The molecule has 0 aliphatic carbocycles. The molecule has 34 heavy (non-hydrogen) atoms. The zero-order valence-corrected chi connectivity index (χ0v) is 19.4. The van der Waals surface area contributed by atoms with Gasteiger partial charge in [0.2, 0.25) is 0 Å². The second-order valence-electron chi connectivity index (χ2n) is 8.65. The highest BCUT2D eigenvalue weighted by atomic mass is 16.5. The Kier molecular flexibility index (Phi) is 6.32. The normalized spacial score (nSPS) is 11.2. The zero-order chi connectivity index (χ0) is 24.4. The fraction of sp³-hybridized carbons (Fsp3) is 0.231. The van der Waals surface area contributed by atoms with Crippen LogP contribution in [0.25, 0.3) is 22.5 Å². The number of Topliss-reactive ketones (excluding diaryl/α,β-unsaturated/α-hetero) is 1. The van der Waals surface area contributed by atoms with Crippen LogP contribution in [-0.2, 0) is 17.6 Å². The van der Waals surface area contributed by atoms with Crippen LogP contribution >= 0.6 is 0 Å². The average molecular weight is 458 g/mol. The number of rotatable bonds is 8. The van der Waals surface area contributed by atoms with Gasteiger partial charge in [0.25, 0.3) is 5.91 Å². The lowest BCUT2D eigenvalue weighted by Gasteiger charge is -2.06. The van der Waals surface area contributed by atoms with Crippen molar-refractivity contribution in [3.05, 3.63) is 77.0 Å². The Balaban J connectivity index is 1.45. The topological polar surface area (TPSA) is 130 Å². The highest BCUT2D eigenvalue weighted by Crippen LogP contribution is 2.29. The van der Waals surface area contributed by atoms with Crippen molar-refractivity contribution in [2.75, 3.05) is 5.73 Å². The van der Waals surface area contributed by atoms with E-state index in [1.807, 2.05) is 69.3 Å². The Hall–Kier alpha value is -4.20. The van der Waals surface area contributed by atoms with Gasteiger partial charge in [-0.25, -0.2) is 4.68 Å². The summed E-state index contributed by atoms with van der Waals surface area (Å²) in [6.45, 7) is 5.86. The molecule has 0 radical (unpaired) electrons. The molecule has 0 saturated heterocycles. The van der Waals surface area contributed by atoms with Gasteiger partial charge in [-0.15, -0.1) is 0 Å². The summed E-state index contributed by atoms with van der Waals surface area (Å²) < 4.78 is 6.94. The highest BCUT2D eigenvalue weighted by molar-refractivity contribution is 6.03. The SMILES string of the molecule is Cc1ccc(-c2cc(CC(=O)Cc3ccc(-c4nn(C(C)C)c(N)c4C(N)=O)cc3)on2)cc1. The molecule has 2 heterocycles. The van der Waals surface area contributed by atoms with Gasteiger partial charge in [-0.3, -0.25) is 9.59 Å². The van der Waals surface area contributed by atoms with E-state index < -0.39 is 5.91 Å². The molecule has 2 aromatic carbocycles. The number of carbonyl (C=O) groups is 2. The van der Waals surface area contributed by atoms with E-state index in [1.54, 1.807) is 10.7 Å². The summed E-state index contributed by atoms with van der Waals surface area (Å²) >= 11 is 0. The molecule has 1 amide bonds. The van der Waals surface area contributed by atoms with Crippen molar-refractivity contribution in [3.8, 4) is 22.5 Å². The van der Waals surface area contributed by atoms with Gasteiger partial charge < -0.3 is 16.0 Å². The van der Waals surface area contributed by atoms with E-state index in [0.29, 0.717) is 22.7 Å². The molecule has 0 saturated carbocycles. The minimum atomic E-state index is -0.629. The van der Waals surface area contributed by atoms with Crippen LogP contribution in [0, 0.1) is 6.92 Å². The Morgan fingerprint density at radius 1 is 1.00 bits per heavy atom. The molecule has 0 spiro atoms. The van der Waals surface area contributed by atoms with Crippen molar-refractivity contribution >= 4 is 17.5 Å². The highest BCUT2D eigenvalue weighted by Gasteiger charge is 2.22. The van der Waals surface area contributed by atoms with Gasteiger partial charge in [-0.1, -0.05) is 59.3 Å². The number of nitrogen functional groups attached to an aromatic ring is 1. The summed E-state index contributed by atoms with van der Waals surface area (Å²) in [4.78, 5) is 24.6. The number of hydrogen-bond donors (Lipinski definition) is 2. The van der Waals surface area contributed by atoms with Crippen LogP contribution in [0.4, 0.5) is 5.82 Å². The number of amides is 1. The lowest BCUT2D eigenvalue weighted by Crippen LogP contribution is -2.15. The number of aryl methyl sites for hydroxylation is 1. The Bertz CT molecular complexity index is 1330. The maximum absolute atomic E-state index is 12.6. The van der Waals surface area contributed by atoms with Crippen molar-refractivity contribution in [1.82, 2.24) is 14.9 Å². The Morgan fingerprint density at radius 2 is 1.65 bits per heavy atom. The fourth-order valence-corrected chi connectivity index (χ4v) is 3.81. The minimum absolute atomic E-state index is 0.00510. The molecule has 8 heteroatoms. The number of benzene rings is 2. The van der Waals surface area contributed by atoms with Crippen LogP contribution in [0.5, 0.6) is 0 Å². The van der Waals surface area contributed by atoms with Crippen molar-refractivity contribution < 1.29 is 14.1 Å². The number of carbonyl (C=O) groups excluding carboxylic acids is 2. The van der Waals surface area contributed by atoms with E-state index in [0.717, 1.165) is 16.7 Å². The first kappa shape index (κ1) is 23.0. The number of ketones is 1. The van der Waals surface area contributed by atoms with E-state index in [-0.39, 0.29) is 36.0 Å². The van der Waals surface area contributed by atoms with Crippen LogP contribution in [-0.4, -0.2) is 26.6 Å². The first-order chi connectivity index (χ1) is 16.2. The predicted molar refractivity (Wildman–Crippen MR) is 130 cm³/mol. The summed E-state index contributed by atoms with van der Waals surface area (Å²) in [5.41, 5.74) is 16.6. The number of aromatic nitrogens is 3. The van der Waals surface area contributed by atoms with E-state index in [2.05, 4.69) is 10.3 Å². The largest absolute Gasteiger partial charge is 0.383 e. The van der Waals surface area contributed by atoms with Gasteiger partial charge in [-0.05, 0) is 26.3 Å². The summed E-state index contributed by atoms with van der Waals surface area (Å²) in [6, 6.07) is 17.0. The van der Waals surface area contributed by atoms with Gasteiger partial charge in [0, 0.05) is 29.7 Å². The molecule has 2 aromatic heterocycles. The molecule has 8 nitrogen and oxygen atoms in total. The first-order valence-corrected chi connectivity index (χ1v) is 11.0. The van der Waals surface area contributed by atoms with E-state index in [4.69, 9.17) is 16.0 Å². The smallest absolute Gasteiger partial charge is 0.254 e. The maximum Gasteiger partial charge on any atom is 0.254 e. The van der Waals surface area contributed by atoms with Crippen LogP contribution in [0.1, 0.15) is 47.1 Å². The first-order valence-electron chi connectivity index (χ1n) is 11.0. The van der Waals surface area contributed by atoms with Gasteiger partial charge in [0.15, 0.2) is 0 Å². The number of hydrogen-bond acceptors (Lipinski definition) is 6. The summed E-state index contributed by atoms with van der Waals surface area (Å²) in [7, 11) is 0. The molecule has 0 fully saturated rings. The molecule has 0 atom stereocenters. The summed E-state index contributed by atoms with van der Waals surface area (Å²) in [6.07, 6.45) is 0.397. The minimum Gasteiger partial charge on any atom is -0.383 e. The van der Waals surface area contributed by atoms with Crippen molar-refractivity contribution in [3.63, 3.8) is 0 Å². The third-order valence-electron chi connectivity index (χ3n) is 5.59. The Labute approximate surface area is 197 Å². The number of anilines is 1. The molecule has 0 unspecified atom stereocenters. The molecular formula is C26H27N5O3. The molecule has 0 aliphatic heterocycles. The lowest BCUT2D eigenvalue weighted by molar-refractivity contribution is -0.118. The number of nitrogens with zero attached hydrogens (tertiary/aromatic N) is 3. The standard InChI is InChI=1S/C26H27N5O3/c1-15(2)31-25(27)23(26(28)33)24(29-31)19-10-6-17(7-11-19)12-20(32)13-21-14-22(30-34-21)18-8-4-16(3)5-9-18/h4-11,14-15H,12-13,27H2,1-3H3,(H2,28,33). The van der Waals surface area contributed by atoms with Crippen molar-refractivity contribution in [1.29, 1.82) is 0 Å². The number of primary amides is 1. The molecular weight excluding hydrogens is 430 g/mol.